The normalized spacial score (nSPS) is 15.6. The molecule has 7 heteroatoms. The van der Waals surface area contributed by atoms with E-state index in [1.807, 2.05) is 0 Å². The lowest BCUT2D eigenvalue weighted by Gasteiger charge is -2.14. The summed E-state index contributed by atoms with van der Waals surface area (Å²) in [4.78, 5) is 12.2. The lowest BCUT2D eigenvalue weighted by Crippen LogP contribution is -2.30. The summed E-state index contributed by atoms with van der Waals surface area (Å²) in [5, 5.41) is 5.73. The summed E-state index contributed by atoms with van der Waals surface area (Å²) in [5.41, 5.74) is 4.25. The number of carbonyl (C=O) groups is 1. The van der Waals surface area contributed by atoms with Crippen LogP contribution >= 0.6 is 0 Å². The van der Waals surface area contributed by atoms with E-state index in [2.05, 4.69) is 16.7 Å². The molecular weight excluding hydrogens is 348 g/mol. The number of anilines is 1. The average molecular weight is 368 g/mol. The molecule has 2 aromatic rings. The van der Waals surface area contributed by atoms with E-state index >= 15 is 0 Å². The van der Waals surface area contributed by atoms with Crippen LogP contribution in [0.25, 0.3) is 0 Å². The zero-order valence-corrected chi connectivity index (χ0v) is 14.8. The van der Waals surface area contributed by atoms with Crippen molar-refractivity contribution in [2.45, 2.75) is 19.3 Å². The third-order valence-corrected chi connectivity index (χ3v) is 5.05. The number of hydrogen-bond donors (Lipinski definition) is 2. The van der Waals surface area contributed by atoms with Gasteiger partial charge in [0, 0.05) is 47.8 Å². The minimum Gasteiger partial charge on any atom is -0.493 e. The molecule has 27 heavy (non-hydrogen) atoms. The average Bonchev–Trinajstić information content (AvgIpc) is 3.40. The first kappa shape index (κ1) is 16.1. The fraction of sp³-hybridized carbons (Fsp3) is 0.350. The molecule has 3 heterocycles. The maximum atomic E-state index is 12.2. The van der Waals surface area contributed by atoms with E-state index in [1.54, 1.807) is 18.2 Å². The van der Waals surface area contributed by atoms with E-state index in [0.29, 0.717) is 43.4 Å². The molecule has 0 atom stereocenters. The van der Waals surface area contributed by atoms with Gasteiger partial charge in [-0.25, -0.2) is 4.79 Å². The summed E-state index contributed by atoms with van der Waals surface area (Å²) >= 11 is 0. The number of rotatable bonds is 4. The maximum Gasteiger partial charge on any atom is 0.319 e. The Balaban J connectivity index is 1.22. The molecule has 3 aliphatic rings. The van der Waals surface area contributed by atoms with Crippen LogP contribution in [0, 0.1) is 0 Å². The fourth-order valence-corrected chi connectivity index (χ4v) is 3.80. The van der Waals surface area contributed by atoms with E-state index < -0.39 is 0 Å². The molecule has 0 aliphatic carbocycles. The molecule has 7 nitrogen and oxygen atoms in total. The first-order valence-corrected chi connectivity index (χ1v) is 9.15. The Bertz CT molecular complexity index is 879. The molecule has 0 radical (unpaired) electrons. The first-order chi connectivity index (χ1) is 13.3. The summed E-state index contributed by atoms with van der Waals surface area (Å²) in [6.45, 7) is 2.15. The Labute approximate surface area is 156 Å². The lowest BCUT2D eigenvalue weighted by atomic mass is 9.97. The Morgan fingerprint density at radius 2 is 1.85 bits per heavy atom. The number of amides is 2. The molecule has 0 bridgehead atoms. The Morgan fingerprint density at radius 3 is 2.81 bits per heavy atom. The standard InChI is InChI=1S/C20H20N2O5/c23-20(22-13-1-2-16-18(10-13)27-11-26-16)21-6-3-15-14-5-8-24-17(14)9-12-4-7-25-19(12)15/h1-2,9-10H,3-8,11H2,(H2,21,22,23). The number of carbonyl (C=O) groups excluding carboxylic acids is 1. The number of ether oxygens (including phenoxy) is 4. The Hall–Kier alpha value is -3.09. The van der Waals surface area contributed by atoms with Gasteiger partial charge in [-0.1, -0.05) is 0 Å². The van der Waals surface area contributed by atoms with Crippen LogP contribution in [-0.4, -0.2) is 32.6 Å². The summed E-state index contributed by atoms with van der Waals surface area (Å²) in [6, 6.07) is 7.18. The highest BCUT2D eigenvalue weighted by Gasteiger charge is 2.26. The monoisotopic (exact) mass is 368 g/mol. The maximum absolute atomic E-state index is 12.2. The van der Waals surface area contributed by atoms with Crippen LogP contribution in [0.1, 0.15) is 16.7 Å². The topological polar surface area (TPSA) is 78.1 Å². The van der Waals surface area contributed by atoms with E-state index in [4.69, 9.17) is 18.9 Å². The number of hydrogen-bond acceptors (Lipinski definition) is 5. The third-order valence-electron chi connectivity index (χ3n) is 5.05. The molecule has 0 fully saturated rings. The van der Waals surface area contributed by atoms with Crippen LogP contribution < -0.4 is 29.6 Å². The summed E-state index contributed by atoms with van der Waals surface area (Å²) in [6.07, 6.45) is 2.52. The Morgan fingerprint density at radius 1 is 0.963 bits per heavy atom. The number of benzene rings is 2. The van der Waals surface area contributed by atoms with Gasteiger partial charge >= 0.3 is 6.03 Å². The zero-order valence-electron chi connectivity index (χ0n) is 14.8. The van der Waals surface area contributed by atoms with Crippen molar-refractivity contribution in [1.82, 2.24) is 5.32 Å². The highest BCUT2D eigenvalue weighted by atomic mass is 16.7. The molecule has 2 aromatic carbocycles. The van der Waals surface area contributed by atoms with Gasteiger partial charge in [-0.2, -0.15) is 0 Å². The van der Waals surface area contributed by atoms with Crippen molar-refractivity contribution in [3.8, 4) is 23.0 Å². The molecule has 0 saturated heterocycles. The van der Waals surface area contributed by atoms with E-state index in [1.165, 1.54) is 16.7 Å². The molecule has 2 N–H and O–H groups in total. The van der Waals surface area contributed by atoms with Crippen molar-refractivity contribution in [3.05, 3.63) is 41.0 Å². The van der Waals surface area contributed by atoms with Crippen LogP contribution in [0.5, 0.6) is 23.0 Å². The first-order valence-electron chi connectivity index (χ1n) is 9.15. The lowest BCUT2D eigenvalue weighted by molar-refractivity contribution is 0.174. The van der Waals surface area contributed by atoms with Crippen molar-refractivity contribution in [2.75, 3.05) is 31.9 Å². The van der Waals surface area contributed by atoms with Crippen LogP contribution in [0.3, 0.4) is 0 Å². The van der Waals surface area contributed by atoms with Crippen LogP contribution in [0.2, 0.25) is 0 Å². The molecule has 0 spiro atoms. The minimum atomic E-state index is -0.254. The molecule has 0 unspecified atom stereocenters. The van der Waals surface area contributed by atoms with Gasteiger partial charge in [0.05, 0.1) is 13.2 Å². The van der Waals surface area contributed by atoms with E-state index in [0.717, 1.165) is 24.3 Å². The van der Waals surface area contributed by atoms with Crippen LogP contribution in [-0.2, 0) is 19.3 Å². The minimum absolute atomic E-state index is 0.211. The molecule has 0 saturated carbocycles. The number of fused-ring (bicyclic) bond motifs is 3. The van der Waals surface area contributed by atoms with Gasteiger partial charge in [-0.3, -0.25) is 0 Å². The quantitative estimate of drug-likeness (QED) is 0.868. The van der Waals surface area contributed by atoms with Gasteiger partial charge in [-0.05, 0) is 24.6 Å². The molecule has 0 aromatic heterocycles. The Kier molecular flexibility index (Phi) is 3.92. The van der Waals surface area contributed by atoms with Crippen molar-refractivity contribution >= 4 is 11.7 Å². The molecular formula is C20H20N2O5. The van der Waals surface area contributed by atoms with E-state index in [9.17, 15) is 4.79 Å². The highest BCUT2D eigenvalue weighted by Crippen LogP contribution is 2.40. The third kappa shape index (κ3) is 2.99. The second-order valence-electron chi connectivity index (χ2n) is 6.72. The van der Waals surface area contributed by atoms with Gasteiger partial charge in [0.25, 0.3) is 0 Å². The van der Waals surface area contributed by atoms with E-state index in [-0.39, 0.29) is 12.8 Å². The van der Waals surface area contributed by atoms with Gasteiger partial charge in [0.2, 0.25) is 6.79 Å². The molecule has 3 aliphatic heterocycles. The molecule has 2 amide bonds. The van der Waals surface area contributed by atoms with Gasteiger partial charge in [-0.15, -0.1) is 0 Å². The molecule has 5 rings (SSSR count). The predicted molar refractivity (Wildman–Crippen MR) is 98.1 cm³/mol. The van der Waals surface area contributed by atoms with Crippen molar-refractivity contribution in [2.24, 2.45) is 0 Å². The van der Waals surface area contributed by atoms with Gasteiger partial charge < -0.3 is 29.6 Å². The SMILES string of the molecule is O=C(NCCc1c2c(cc3c1OCC3)OCC2)Nc1ccc2c(c1)OCO2. The second-order valence-corrected chi connectivity index (χ2v) is 6.72. The largest absolute Gasteiger partial charge is 0.493 e. The van der Waals surface area contributed by atoms with Gasteiger partial charge in [0.1, 0.15) is 11.5 Å². The molecule has 140 valence electrons. The summed E-state index contributed by atoms with van der Waals surface area (Å²) < 4.78 is 22.2. The highest BCUT2D eigenvalue weighted by molar-refractivity contribution is 5.89. The fourth-order valence-electron chi connectivity index (χ4n) is 3.80. The van der Waals surface area contributed by atoms with Crippen LogP contribution in [0.4, 0.5) is 10.5 Å². The van der Waals surface area contributed by atoms with Crippen LogP contribution in [0.15, 0.2) is 24.3 Å². The smallest absolute Gasteiger partial charge is 0.319 e. The van der Waals surface area contributed by atoms with Crippen molar-refractivity contribution < 1.29 is 23.7 Å². The summed E-state index contributed by atoms with van der Waals surface area (Å²) in [5.74, 6) is 3.28. The van der Waals surface area contributed by atoms with Crippen molar-refractivity contribution in [3.63, 3.8) is 0 Å². The van der Waals surface area contributed by atoms with Gasteiger partial charge in [0.15, 0.2) is 11.5 Å². The van der Waals surface area contributed by atoms with Crippen molar-refractivity contribution in [1.29, 1.82) is 0 Å². The zero-order chi connectivity index (χ0) is 18.2. The second kappa shape index (κ2) is 6.57. The number of urea groups is 1. The summed E-state index contributed by atoms with van der Waals surface area (Å²) in [7, 11) is 0. The number of nitrogens with one attached hydrogen (secondary N) is 2. The predicted octanol–water partition coefficient (Wildman–Crippen LogP) is 2.65.